The molecule has 0 aromatic carbocycles. The molecule has 1 amide bonds. The lowest BCUT2D eigenvalue weighted by atomic mass is 9.76. The minimum atomic E-state index is -3.38. The van der Waals surface area contributed by atoms with Crippen molar-refractivity contribution in [1.29, 1.82) is 0 Å². The van der Waals surface area contributed by atoms with Gasteiger partial charge in [-0.2, -0.15) is 0 Å². The van der Waals surface area contributed by atoms with Gasteiger partial charge in [0.15, 0.2) is 9.84 Å². The van der Waals surface area contributed by atoms with E-state index >= 15 is 0 Å². The van der Waals surface area contributed by atoms with Gasteiger partial charge in [-0.05, 0) is 12.3 Å². The molecular formula is C11H19NO5S. The molecule has 1 N–H and O–H groups in total. The zero-order chi connectivity index (χ0) is 14.1. The number of hydrogen-bond donors (Lipinski definition) is 1. The number of nitrogens with zero attached hydrogens (tertiary/aromatic N) is 1. The molecule has 1 rings (SSSR count). The third-order valence-corrected chi connectivity index (χ3v) is 4.34. The minimum Gasteiger partial charge on any atom is -0.481 e. The van der Waals surface area contributed by atoms with E-state index in [9.17, 15) is 23.1 Å². The van der Waals surface area contributed by atoms with Crippen LogP contribution in [0.15, 0.2) is 0 Å². The Labute approximate surface area is 107 Å². The number of carbonyl (C=O) groups excluding carboxylic acids is 1. The van der Waals surface area contributed by atoms with E-state index in [0.717, 1.165) is 6.26 Å². The Morgan fingerprint density at radius 2 is 1.94 bits per heavy atom. The molecule has 0 saturated carbocycles. The SMILES string of the molecule is CC(C)C1(C(=O)O)CCN(C(=O)CS(C)(=O)=O)C1. The fourth-order valence-corrected chi connectivity index (χ4v) is 2.89. The van der Waals surface area contributed by atoms with Crippen LogP contribution >= 0.6 is 0 Å². The van der Waals surface area contributed by atoms with Gasteiger partial charge in [0, 0.05) is 19.3 Å². The summed E-state index contributed by atoms with van der Waals surface area (Å²) >= 11 is 0. The van der Waals surface area contributed by atoms with Gasteiger partial charge >= 0.3 is 5.97 Å². The third-order valence-electron chi connectivity index (χ3n) is 3.57. The van der Waals surface area contributed by atoms with Crippen LogP contribution in [-0.4, -0.2) is 55.4 Å². The molecule has 0 bridgehead atoms. The van der Waals surface area contributed by atoms with Crippen LogP contribution in [0.25, 0.3) is 0 Å². The van der Waals surface area contributed by atoms with Gasteiger partial charge in [-0.1, -0.05) is 13.8 Å². The van der Waals surface area contributed by atoms with Gasteiger partial charge in [-0.15, -0.1) is 0 Å². The van der Waals surface area contributed by atoms with E-state index in [1.165, 1.54) is 4.90 Å². The number of carboxylic acids is 1. The fourth-order valence-electron chi connectivity index (χ4n) is 2.25. The predicted octanol–water partition coefficient (Wildman–Crippen LogP) is -0.00970. The van der Waals surface area contributed by atoms with Crippen molar-refractivity contribution in [3.05, 3.63) is 0 Å². The average molecular weight is 277 g/mol. The molecule has 1 unspecified atom stereocenters. The molecule has 1 saturated heterocycles. The van der Waals surface area contributed by atoms with Crippen LogP contribution in [0.1, 0.15) is 20.3 Å². The smallest absolute Gasteiger partial charge is 0.311 e. The number of carbonyl (C=O) groups is 2. The van der Waals surface area contributed by atoms with Gasteiger partial charge in [0.2, 0.25) is 5.91 Å². The summed E-state index contributed by atoms with van der Waals surface area (Å²) in [5, 5.41) is 9.31. The highest BCUT2D eigenvalue weighted by atomic mass is 32.2. The van der Waals surface area contributed by atoms with Gasteiger partial charge in [-0.3, -0.25) is 9.59 Å². The van der Waals surface area contributed by atoms with Crippen molar-refractivity contribution in [2.75, 3.05) is 25.1 Å². The molecule has 0 aromatic rings. The molecule has 1 fully saturated rings. The lowest BCUT2D eigenvalue weighted by molar-refractivity contribution is -0.151. The maximum absolute atomic E-state index is 11.7. The average Bonchev–Trinajstić information content (AvgIpc) is 2.59. The molecular weight excluding hydrogens is 258 g/mol. The normalized spacial score (nSPS) is 24.6. The van der Waals surface area contributed by atoms with Crippen LogP contribution in [-0.2, 0) is 19.4 Å². The highest BCUT2D eigenvalue weighted by Crippen LogP contribution is 2.38. The van der Waals surface area contributed by atoms with E-state index in [1.54, 1.807) is 13.8 Å². The van der Waals surface area contributed by atoms with Crippen molar-refractivity contribution in [1.82, 2.24) is 4.90 Å². The van der Waals surface area contributed by atoms with Gasteiger partial charge in [-0.25, -0.2) is 8.42 Å². The van der Waals surface area contributed by atoms with Gasteiger partial charge in [0.1, 0.15) is 5.75 Å². The zero-order valence-corrected chi connectivity index (χ0v) is 11.7. The fraction of sp³-hybridized carbons (Fsp3) is 0.818. The largest absolute Gasteiger partial charge is 0.481 e. The van der Waals surface area contributed by atoms with Crippen molar-refractivity contribution in [3.63, 3.8) is 0 Å². The summed E-state index contributed by atoms with van der Waals surface area (Å²) in [5.74, 6) is -2.10. The topological polar surface area (TPSA) is 91.8 Å². The first-order chi connectivity index (χ1) is 8.08. The maximum Gasteiger partial charge on any atom is 0.311 e. The first-order valence-electron chi connectivity index (χ1n) is 5.77. The van der Waals surface area contributed by atoms with Crippen molar-refractivity contribution >= 4 is 21.7 Å². The summed E-state index contributed by atoms with van der Waals surface area (Å²) in [7, 11) is -3.38. The number of sulfone groups is 1. The monoisotopic (exact) mass is 277 g/mol. The number of carboxylic acid groups (broad SMARTS) is 1. The second kappa shape index (κ2) is 4.87. The van der Waals surface area contributed by atoms with Crippen LogP contribution in [0, 0.1) is 11.3 Å². The predicted molar refractivity (Wildman–Crippen MR) is 65.8 cm³/mol. The molecule has 6 nitrogen and oxygen atoms in total. The molecule has 104 valence electrons. The highest BCUT2D eigenvalue weighted by Gasteiger charge is 2.48. The van der Waals surface area contributed by atoms with Gasteiger partial charge in [0.25, 0.3) is 0 Å². The van der Waals surface area contributed by atoms with Crippen molar-refractivity contribution in [3.8, 4) is 0 Å². The second-order valence-corrected chi connectivity index (χ2v) is 7.39. The molecule has 0 radical (unpaired) electrons. The molecule has 0 spiro atoms. The summed E-state index contributed by atoms with van der Waals surface area (Å²) in [6.07, 6.45) is 1.36. The number of amides is 1. The molecule has 7 heteroatoms. The Kier molecular flexibility index (Phi) is 4.05. The number of likely N-dealkylation sites (tertiary alicyclic amines) is 1. The van der Waals surface area contributed by atoms with E-state index in [0.29, 0.717) is 13.0 Å². The van der Waals surface area contributed by atoms with Crippen LogP contribution < -0.4 is 0 Å². The lowest BCUT2D eigenvalue weighted by Crippen LogP contribution is -2.41. The Morgan fingerprint density at radius 3 is 2.28 bits per heavy atom. The molecule has 0 aliphatic carbocycles. The van der Waals surface area contributed by atoms with Crippen LogP contribution in [0.3, 0.4) is 0 Å². The maximum atomic E-state index is 11.7. The summed E-state index contributed by atoms with van der Waals surface area (Å²) in [6.45, 7) is 4.00. The van der Waals surface area contributed by atoms with Crippen LogP contribution in [0.4, 0.5) is 0 Å². The quantitative estimate of drug-likeness (QED) is 0.780. The van der Waals surface area contributed by atoms with E-state index in [2.05, 4.69) is 0 Å². The Balaban J connectivity index is 2.82. The van der Waals surface area contributed by atoms with Crippen LogP contribution in [0.2, 0.25) is 0 Å². The molecule has 1 aliphatic heterocycles. The van der Waals surface area contributed by atoms with Gasteiger partial charge < -0.3 is 10.0 Å². The number of hydrogen-bond acceptors (Lipinski definition) is 4. The molecule has 18 heavy (non-hydrogen) atoms. The third kappa shape index (κ3) is 3.01. The highest BCUT2D eigenvalue weighted by molar-refractivity contribution is 7.91. The second-order valence-electron chi connectivity index (χ2n) is 5.25. The standard InChI is InChI=1S/C11H19NO5S/c1-8(2)11(10(14)15)4-5-12(7-11)9(13)6-18(3,16)17/h8H,4-7H2,1-3H3,(H,14,15). The van der Waals surface area contributed by atoms with E-state index in [4.69, 9.17) is 0 Å². The first kappa shape index (κ1) is 14.9. The lowest BCUT2D eigenvalue weighted by Gasteiger charge is -2.28. The van der Waals surface area contributed by atoms with Crippen molar-refractivity contribution in [2.45, 2.75) is 20.3 Å². The Bertz CT molecular complexity index is 456. The number of rotatable bonds is 4. The van der Waals surface area contributed by atoms with Crippen molar-refractivity contribution < 1.29 is 23.1 Å². The first-order valence-corrected chi connectivity index (χ1v) is 7.83. The van der Waals surface area contributed by atoms with E-state index in [1.807, 2.05) is 0 Å². The van der Waals surface area contributed by atoms with E-state index in [-0.39, 0.29) is 12.5 Å². The Morgan fingerprint density at radius 1 is 1.39 bits per heavy atom. The molecule has 1 heterocycles. The molecule has 0 aromatic heterocycles. The van der Waals surface area contributed by atoms with Crippen LogP contribution in [0.5, 0.6) is 0 Å². The van der Waals surface area contributed by atoms with E-state index < -0.39 is 32.9 Å². The van der Waals surface area contributed by atoms with Crippen molar-refractivity contribution in [2.24, 2.45) is 11.3 Å². The molecule has 1 atom stereocenters. The Hall–Kier alpha value is -1.11. The minimum absolute atomic E-state index is 0.0916. The molecule has 1 aliphatic rings. The zero-order valence-electron chi connectivity index (χ0n) is 10.8. The summed E-state index contributed by atoms with van der Waals surface area (Å²) < 4.78 is 22.1. The number of aliphatic carboxylic acids is 1. The van der Waals surface area contributed by atoms with Gasteiger partial charge in [0.05, 0.1) is 5.41 Å². The summed E-state index contributed by atoms with van der Waals surface area (Å²) in [4.78, 5) is 24.5. The summed E-state index contributed by atoms with van der Waals surface area (Å²) in [6, 6.07) is 0. The summed E-state index contributed by atoms with van der Waals surface area (Å²) in [5.41, 5.74) is -0.951.